The van der Waals surface area contributed by atoms with Crippen molar-refractivity contribution < 1.29 is 0 Å². The molecule has 2 nitrogen and oxygen atoms in total. The number of rotatable bonds is 4. The summed E-state index contributed by atoms with van der Waals surface area (Å²) in [5, 5.41) is 6.91. The fourth-order valence-electron chi connectivity index (χ4n) is 12.8. The van der Waals surface area contributed by atoms with Crippen molar-refractivity contribution in [3.05, 3.63) is 191 Å². The minimum atomic E-state index is -0.305. The Morgan fingerprint density at radius 2 is 1.29 bits per heavy atom. The summed E-state index contributed by atoms with van der Waals surface area (Å²) in [7, 11) is 0. The summed E-state index contributed by atoms with van der Waals surface area (Å²) in [6, 6.07) is 60.6. The summed E-state index contributed by atoms with van der Waals surface area (Å²) in [6.45, 7) is 19.4. The molecule has 0 bridgehead atoms. The predicted molar refractivity (Wildman–Crippen MR) is 285 cm³/mol. The molecule has 0 unspecified atom stereocenters. The molecule has 0 atom stereocenters. The first-order chi connectivity index (χ1) is 31.7. The lowest BCUT2D eigenvalue weighted by Gasteiger charge is -2.45. The smallest absolute Gasteiger partial charge is 0.333 e. The highest BCUT2D eigenvalue weighted by Crippen LogP contribution is 2.58. The number of hydrogen-bond acceptors (Lipinski definition) is 3. The SMILES string of the molecule is CC1(C)CCC(C)(C)c2cc(C(C)(C)c3cccc4c3Nc3cc5c(c6c3B4N(c3cccc4c3sc3ccccc34)c3cc(-c4ccccc4)ccc3-6)-c3ccccc3C5(C)C)ccc21. The van der Waals surface area contributed by atoms with Crippen LogP contribution in [0.3, 0.4) is 0 Å². The van der Waals surface area contributed by atoms with Gasteiger partial charge in [-0.25, -0.2) is 0 Å². The van der Waals surface area contributed by atoms with Crippen LogP contribution in [-0.2, 0) is 21.7 Å². The van der Waals surface area contributed by atoms with Crippen LogP contribution in [0.2, 0.25) is 0 Å². The van der Waals surface area contributed by atoms with E-state index in [-0.39, 0.29) is 28.5 Å². The Bertz CT molecular complexity index is 3530. The van der Waals surface area contributed by atoms with E-state index in [1.807, 2.05) is 11.3 Å². The second-order valence-corrected chi connectivity index (χ2v) is 23.0. The van der Waals surface area contributed by atoms with Crippen LogP contribution < -0.4 is 21.1 Å². The summed E-state index contributed by atoms with van der Waals surface area (Å²) < 4.78 is 2.64. The number of hydrogen-bond donors (Lipinski definition) is 1. The summed E-state index contributed by atoms with van der Waals surface area (Å²) in [6.07, 6.45) is 2.41. The van der Waals surface area contributed by atoms with E-state index in [1.54, 1.807) is 0 Å². The molecule has 1 N–H and O–H groups in total. The molecular formula is C62H55BN2S. The molecule has 9 aromatic rings. The summed E-state index contributed by atoms with van der Waals surface area (Å²) in [4.78, 5) is 2.74. The molecule has 4 heteroatoms. The topological polar surface area (TPSA) is 15.3 Å². The van der Waals surface area contributed by atoms with Gasteiger partial charge in [0.25, 0.3) is 0 Å². The van der Waals surface area contributed by atoms with Gasteiger partial charge in [0.2, 0.25) is 0 Å². The maximum absolute atomic E-state index is 4.28. The molecule has 66 heavy (non-hydrogen) atoms. The molecule has 13 rings (SSSR count). The van der Waals surface area contributed by atoms with Crippen molar-refractivity contribution in [1.82, 2.24) is 0 Å². The lowest BCUT2D eigenvalue weighted by Crippen LogP contribution is -2.61. The first-order valence-electron chi connectivity index (χ1n) is 24.0. The van der Waals surface area contributed by atoms with Gasteiger partial charge in [0.15, 0.2) is 0 Å². The van der Waals surface area contributed by atoms with Crippen molar-refractivity contribution in [2.75, 3.05) is 10.1 Å². The highest BCUT2D eigenvalue weighted by molar-refractivity contribution is 7.26. The summed E-state index contributed by atoms with van der Waals surface area (Å²) >= 11 is 1.92. The lowest BCUT2D eigenvalue weighted by atomic mass is 9.42. The van der Waals surface area contributed by atoms with Crippen molar-refractivity contribution in [2.24, 2.45) is 0 Å². The Hall–Kier alpha value is -6.36. The number of thiophene rings is 1. The average Bonchev–Trinajstić information content (AvgIpc) is 3.82. The third-order valence-corrected chi connectivity index (χ3v) is 17.8. The van der Waals surface area contributed by atoms with Crippen LogP contribution in [0.25, 0.3) is 53.6 Å². The van der Waals surface area contributed by atoms with Crippen molar-refractivity contribution >= 4 is 72.0 Å². The van der Waals surface area contributed by atoms with Crippen LogP contribution in [0.4, 0.5) is 22.7 Å². The molecule has 8 aromatic carbocycles. The molecule has 0 spiro atoms. The van der Waals surface area contributed by atoms with E-state index < -0.39 is 0 Å². The fraction of sp³-hybridized carbons (Fsp3) is 0.226. The Morgan fingerprint density at radius 3 is 2.12 bits per heavy atom. The third kappa shape index (κ3) is 5.43. The number of nitrogens with zero attached hydrogens (tertiary/aromatic N) is 1. The minimum absolute atomic E-state index is 0.110. The number of para-hydroxylation sites is 1. The van der Waals surface area contributed by atoms with Crippen LogP contribution >= 0.6 is 11.3 Å². The zero-order chi connectivity index (χ0) is 45.1. The first-order valence-corrected chi connectivity index (χ1v) is 24.8. The van der Waals surface area contributed by atoms with Crippen molar-refractivity contribution in [3.63, 3.8) is 0 Å². The molecule has 1 aromatic heterocycles. The highest BCUT2D eigenvalue weighted by Gasteiger charge is 2.49. The summed E-state index contributed by atoms with van der Waals surface area (Å²) in [5.41, 5.74) is 23.7. The van der Waals surface area contributed by atoms with Crippen LogP contribution in [0, 0.1) is 0 Å². The molecule has 0 amide bonds. The highest BCUT2D eigenvalue weighted by atomic mass is 32.1. The van der Waals surface area contributed by atoms with Gasteiger partial charge >= 0.3 is 6.85 Å². The fourth-order valence-corrected chi connectivity index (χ4v) is 14.0. The Morgan fingerprint density at radius 1 is 0.561 bits per heavy atom. The van der Waals surface area contributed by atoms with Gasteiger partial charge in [0, 0.05) is 54.6 Å². The maximum atomic E-state index is 4.28. The van der Waals surface area contributed by atoms with Gasteiger partial charge in [0.05, 0.1) is 4.70 Å². The molecule has 2 aliphatic carbocycles. The van der Waals surface area contributed by atoms with Gasteiger partial charge in [-0.3, -0.25) is 0 Å². The van der Waals surface area contributed by atoms with E-state index in [0.717, 1.165) is 0 Å². The van der Waals surface area contributed by atoms with E-state index in [4.69, 9.17) is 0 Å². The number of anilines is 4. The largest absolute Gasteiger partial charge is 0.375 e. The molecule has 2 aliphatic heterocycles. The second-order valence-electron chi connectivity index (χ2n) is 22.0. The lowest BCUT2D eigenvalue weighted by molar-refractivity contribution is 0.331. The first kappa shape index (κ1) is 40.0. The normalized spacial score (nSPS) is 16.8. The molecular weight excluding hydrogens is 816 g/mol. The van der Waals surface area contributed by atoms with Crippen LogP contribution in [0.1, 0.15) is 102 Å². The van der Waals surface area contributed by atoms with Crippen molar-refractivity contribution in [3.8, 4) is 33.4 Å². The van der Waals surface area contributed by atoms with E-state index in [9.17, 15) is 0 Å². The predicted octanol–water partition coefficient (Wildman–Crippen LogP) is 15.7. The van der Waals surface area contributed by atoms with Crippen LogP contribution in [0.15, 0.2) is 158 Å². The van der Waals surface area contributed by atoms with Gasteiger partial charge in [-0.1, -0.05) is 189 Å². The third-order valence-electron chi connectivity index (χ3n) is 16.6. The number of fused-ring (bicyclic) bond motifs is 12. The van der Waals surface area contributed by atoms with Crippen LogP contribution in [0.5, 0.6) is 0 Å². The van der Waals surface area contributed by atoms with E-state index in [0.29, 0.717) is 0 Å². The van der Waals surface area contributed by atoms with Crippen LogP contribution in [-0.4, -0.2) is 6.85 Å². The van der Waals surface area contributed by atoms with E-state index >= 15 is 0 Å². The molecule has 0 saturated carbocycles. The van der Waals surface area contributed by atoms with E-state index in [1.165, 1.54) is 133 Å². The van der Waals surface area contributed by atoms with Gasteiger partial charge in [-0.05, 0) is 120 Å². The standard InChI is InChI=1S/C62H55BN2S/c1-59(2)32-33-60(3,4)47-35-39(29-31-45(47)59)61(5,6)46-24-17-25-49-57(46)64-50-36-48-54(42-21-12-14-23-44(42)62(48,7)8)55-43-30-28-38(37-18-10-9-11-19-37)34-52(43)65(63(49)56(50)55)51-26-16-22-41-40-20-13-15-27-53(40)66-58(41)51/h9-31,34-36,64H,32-33H2,1-8H3. The van der Waals surface area contributed by atoms with Gasteiger partial charge in [0.1, 0.15) is 0 Å². The number of nitrogens with one attached hydrogen (secondary N) is 1. The zero-order valence-corrected chi connectivity index (χ0v) is 40.2. The quantitative estimate of drug-likeness (QED) is 0.177. The van der Waals surface area contributed by atoms with Crippen molar-refractivity contribution in [1.29, 1.82) is 0 Å². The maximum Gasteiger partial charge on any atom is 0.333 e. The molecule has 3 heterocycles. The zero-order valence-electron chi connectivity index (χ0n) is 39.4. The van der Waals surface area contributed by atoms with Gasteiger partial charge in [-0.2, -0.15) is 0 Å². The average molecular weight is 871 g/mol. The molecule has 0 fully saturated rings. The molecule has 322 valence electrons. The van der Waals surface area contributed by atoms with Gasteiger partial charge < -0.3 is 10.1 Å². The molecule has 0 radical (unpaired) electrons. The molecule has 0 saturated heterocycles. The summed E-state index contributed by atoms with van der Waals surface area (Å²) in [5.74, 6) is 0. The Balaban J connectivity index is 1.12. The molecule has 4 aliphatic rings. The second kappa shape index (κ2) is 13.6. The minimum Gasteiger partial charge on any atom is -0.375 e. The van der Waals surface area contributed by atoms with Gasteiger partial charge in [-0.15, -0.1) is 11.3 Å². The Labute approximate surface area is 394 Å². The Kier molecular flexibility index (Phi) is 8.24. The van der Waals surface area contributed by atoms with Crippen molar-refractivity contribution in [2.45, 2.75) is 89.9 Å². The van der Waals surface area contributed by atoms with E-state index in [2.05, 4.69) is 223 Å². The monoisotopic (exact) mass is 870 g/mol. The number of benzene rings is 8.